The lowest BCUT2D eigenvalue weighted by molar-refractivity contribution is 0.108. The first-order valence-corrected chi connectivity index (χ1v) is 9.15. The number of benzene rings is 2. The Labute approximate surface area is 146 Å². The first-order valence-electron chi connectivity index (χ1n) is 9.15. The first kappa shape index (κ1) is 16.8. The van der Waals surface area contributed by atoms with Crippen molar-refractivity contribution in [2.45, 2.75) is 58.0 Å². The maximum absolute atomic E-state index is 5.14. The van der Waals surface area contributed by atoms with Gasteiger partial charge in [0.2, 0.25) is 0 Å². The normalized spacial score (nSPS) is 20.7. The molecule has 24 heavy (non-hydrogen) atoms. The summed E-state index contributed by atoms with van der Waals surface area (Å²) in [6.45, 7) is 4.61. The smallest absolute Gasteiger partial charge is 0.0468 e. The average Bonchev–Trinajstić information content (AvgIpc) is 2.60. The van der Waals surface area contributed by atoms with Gasteiger partial charge in [0, 0.05) is 30.6 Å². The second kappa shape index (κ2) is 8.14. The Morgan fingerprint density at radius 2 is 1.29 bits per heavy atom. The maximum Gasteiger partial charge on any atom is 0.0468 e. The summed E-state index contributed by atoms with van der Waals surface area (Å²) in [4.78, 5) is 0. The number of hydrogen-bond donors (Lipinski definition) is 0. The zero-order valence-corrected chi connectivity index (χ0v) is 14.9. The van der Waals surface area contributed by atoms with E-state index in [0.29, 0.717) is 12.1 Å². The van der Waals surface area contributed by atoms with Gasteiger partial charge in [-0.25, -0.2) is 0 Å². The van der Waals surface area contributed by atoms with Gasteiger partial charge in [0.25, 0.3) is 0 Å². The van der Waals surface area contributed by atoms with Crippen LogP contribution in [0, 0.1) is 0 Å². The average molecular weight is 320 g/mol. The second-order valence-electron chi connectivity index (χ2n) is 7.00. The van der Waals surface area contributed by atoms with E-state index in [1.165, 1.54) is 36.1 Å². The number of nitrogens with zero attached hydrogens (tertiary/aromatic N) is 2. The summed E-state index contributed by atoms with van der Waals surface area (Å²) in [5.74, 6) is 0. The quantitative estimate of drug-likeness (QED) is 0.701. The van der Waals surface area contributed by atoms with Crippen LogP contribution in [0.4, 0.5) is 0 Å². The molecule has 1 heterocycles. The van der Waals surface area contributed by atoms with Crippen molar-refractivity contribution in [2.75, 3.05) is 0 Å². The molecule has 1 aliphatic rings. The third-order valence-corrected chi connectivity index (χ3v) is 4.91. The van der Waals surface area contributed by atoms with Crippen LogP contribution in [0.5, 0.6) is 0 Å². The fourth-order valence-electron chi connectivity index (χ4n) is 3.56. The molecule has 0 aliphatic carbocycles. The highest BCUT2D eigenvalue weighted by Crippen LogP contribution is 2.23. The standard InChI is InChI=1S/C22H28N2/c1-18-10-9-11-19(2)24(18)23-22(16-20-12-5-3-6-13-20)17-21-14-7-4-8-15-21/h3-8,12-15,18-19H,9-11,16-17H2,1-2H3. The highest BCUT2D eigenvalue weighted by Gasteiger charge is 2.23. The van der Waals surface area contributed by atoms with Crippen molar-refractivity contribution in [1.82, 2.24) is 5.01 Å². The van der Waals surface area contributed by atoms with E-state index < -0.39 is 0 Å². The summed E-state index contributed by atoms with van der Waals surface area (Å²) in [6.07, 6.45) is 5.66. The van der Waals surface area contributed by atoms with Crippen LogP contribution in [0.1, 0.15) is 44.2 Å². The molecule has 1 saturated heterocycles. The zero-order valence-electron chi connectivity index (χ0n) is 14.9. The van der Waals surface area contributed by atoms with Crippen LogP contribution in [0.2, 0.25) is 0 Å². The van der Waals surface area contributed by atoms with Gasteiger partial charge in [-0.05, 0) is 44.2 Å². The lowest BCUT2D eigenvalue weighted by atomic mass is 9.99. The van der Waals surface area contributed by atoms with Gasteiger partial charge in [-0.3, -0.25) is 5.01 Å². The number of hydrazone groups is 1. The molecule has 2 unspecified atom stereocenters. The predicted octanol–water partition coefficient (Wildman–Crippen LogP) is 5.09. The molecule has 0 saturated carbocycles. The van der Waals surface area contributed by atoms with E-state index in [2.05, 4.69) is 79.5 Å². The van der Waals surface area contributed by atoms with Gasteiger partial charge in [-0.2, -0.15) is 5.10 Å². The molecule has 0 spiro atoms. The molecule has 2 heteroatoms. The minimum absolute atomic E-state index is 0.537. The lowest BCUT2D eigenvalue weighted by Crippen LogP contribution is -2.40. The van der Waals surface area contributed by atoms with Crippen LogP contribution < -0.4 is 0 Å². The molecule has 2 aromatic rings. The third-order valence-electron chi connectivity index (χ3n) is 4.91. The number of hydrogen-bond acceptors (Lipinski definition) is 2. The number of piperidine rings is 1. The summed E-state index contributed by atoms with van der Waals surface area (Å²) < 4.78 is 0. The molecule has 0 aromatic heterocycles. The Bertz CT molecular complexity index is 595. The van der Waals surface area contributed by atoms with E-state index in [0.717, 1.165) is 12.8 Å². The Balaban J connectivity index is 1.84. The van der Waals surface area contributed by atoms with Gasteiger partial charge < -0.3 is 0 Å². The zero-order chi connectivity index (χ0) is 16.8. The van der Waals surface area contributed by atoms with Crippen LogP contribution in [0.15, 0.2) is 65.8 Å². The molecule has 0 N–H and O–H groups in total. The Morgan fingerprint density at radius 1 is 0.833 bits per heavy atom. The van der Waals surface area contributed by atoms with Crippen molar-refractivity contribution in [1.29, 1.82) is 0 Å². The summed E-state index contributed by atoms with van der Waals surface area (Å²) in [7, 11) is 0. The topological polar surface area (TPSA) is 15.6 Å². The maximum atomic E-state index is 5.14. The molecule has 0 radical (unpaired) electrons. The van der Waals surface area contributed by atoms with Crippen molar-refractivity contribution in [3.8, 4) is 0 Å². The van der Waals surface area contributed by atoms with Gasteiger partial charge in [0.05, 0.1) is 0 Å². The SMILES string of the molecule is CC1CCCC(C)N1N=C(Cc1ccccc1)Cc1ccccc1. The largest absolute Gasteiger partial charge is 0.292 e. The van der Waals surface area contributed by atoms with E-state index in [-0.39, 0.29) is 0 Å². The molecule has 1 aliphatic heterocycles. The van der Waals surface area contributed by atoms with E-state index in [4.69, 9.17) is 5.10 Å². The van der Waals surface area contributed by atoms with E-state index in [1.54, 1.807) is 0 Å². The van der Waals surface area contributed by atoms with Crippen LogP contribution in [-0.4, -0.2) is 22.8 Å². The second-order valence-corrected chi connectivity index (χ2v) is 7.00. The van der Waals surface area contributed by atoms with Gasteiger partial charge in [-0.1, -0.05) is 60.7 Å². The van der Waals surface area contributed by atoms with Crippen LogP contribution in [-0.2, 0) is 12.8 Å². The Kier molecular flexibility index (Phi) is 5.68. The van der Waals surface area contributed by atoms with E-state index in [1.807, 2.05) is 0 Å². The first-order chi connectivity index (χ1) is 11.7. The number of rotatable bonds is 5. The molecule has 3 rings (SSSR count). The highest BCUT2D eigenvalue weighted by molar-refractivity contribution is 5.88. The van der Waals surface area contributed by atoms with Gasteiger partial charge in [0.1, 0.15) is 0 Å². The molecule has 2 aromatic carbocycles. The van der Waals surface area contributed by atoms with Crippen molar-refractivity contribution in [3.63, 3.8) is 0 Å². The van der Waals surface area contributed by atoms with Gasteiger partial charge in [0.15, 0.2) is 0 Å². The molecular formula is C22H28N2. The molecule has 0 amide bonds. The van der Waals surface area contributed by atoms with Crippen molar-refractivity contribution < 1.29 is 0 Å². The summed E-state index contributed by atoms with van der Waals surface area (Å²) in [6, 6.07) is 22.5. The minimum Gasteiger partial charge on any atom is -0.292 e. The van der Waals surface area contributed by atoms with E-state index >= 15 is 0 Å². The van der Waals surface area contributed by atoms with E-state index in [9.17, 15) is 0 Å². The highest BCUT2D eigenvalue weighted by atomic mass is 15.5. The predicted molar refractivity (Wildman–Crippen MR) is 102 cm³/mol. The Hall–Kier alpha value is -2.09. The summed E-state index contributed by atoms with van der Waals surface area (Å²) in [5, 5.41) is 7.49. The fraction of sp³-hybridized carbons (Fsp3) is 0.409. The third kappa shape index (κ3) is 4.47. The molecule has 2 atom stereocenters. The van der Waals surface area contributed by atoms with Gasteiger partial charge >= 0.3 is 0 Å². The monoisotopic (exact) mass is 320 g/mol. The summed E-state index contributed by atoms with van der Waals surface area (Å²) in [5.41, 5.74) is 3.93. The Morgan fingerprint density at radius 3 is 1.75 bits per heavy atom. The molecule has 0 bridgehead atoms. The molecule has 126 valence electrons. The fourth-order valence-corrected chi connectivity index (χ4v) is 3.56. The minimum atomic E-state index is 0.537. The van der Waals surface area contributed by atoms with Crippen LogP contribution in [0.25, 0.3) is 0 Å². The molecular weight excluding hydrogens is 292 g/mol. The van der Waals surface area contributed by atoms with Crippen LogP contribution >= 0.6 is 0 Å². The molecule has 1 fully saturated rings. The summed E-state index contributed by atoms with van der Waals surface area (Å²) >= 11 is 0. The molecule has 2 nitrogen and oxygen atoms in total. The lowest BCUT2D eigenvalue weighted by Gasteiger charge is -2.37. The van der Waals surface area contributed by atoms with Crippen molar-refractivity contribution >= 4 is 5.71 Å². The van der Waals surface area contributed by atoms with Crippen molar-refractivity contribution in [2.24, 2.45) is 5.10 Å². The van der Waals surface area contributed by atoms with Crippen molar-refractivity contribution in [3.05, 3.63) is 71.8 Å². The van der Waals surface area contributed by atoms with Crippen LogP contribution in [0.3, 0.4) is 0 Å². The van der Waals surface area contributed by atoms with Gasteiger partial charge in [-0.15, -0.1) is 0 Å².